The first-order valence-corrected chi connectivity index (χ1v) is 9.44. The molecule has 0 fully saturated rings. The van der Waals surface area contributed by atoms with Crippen LogP contribution >= 0.6 is 11.8 Å². The summed E-state index contributed by atoms with van der Waals surface area (Å²) in [6, 6.07) is 11.6. The molecule has 0 aliphatic rings. The van der Waals surface area contributed by atoms with Gasteiger partial charge >= 0.3 is 0 Å². The standard InChI is InChI=1S/C20H21N3O2S/c1-14-18(15(2)25-23-14)13-26-19-8-4-3-7-17(19)20(24)22-11-9-16-6-5-10-21-12-16/h3-8,10,12H,9,11,13H2,1-2H3,(H,22,24). The molecule has 1 N–H and O–H groups in total. The number of hydrogen-bond donors (Lipinski definition) is 1. The summed E-state index contributed by atoms with van der Waals surface area (Å²) in [7, 11) is 0. The van der Waals surface area contributed by atoms with Gasteiger partial charge in [-0.2, -0.15) is 0 Å². The maximum Gasteiger partial charge on any atom is 0.252 e. The number of hydrogen-bond acceptors (Lipinski definition) is 5. The van der Waals surface area contributed by atoms with Crippen molar-refractivity contribution in [3.05, 3.63) is 76.9 Å². The monoisotopic (exact) mass is 367 g/mol. The number of amides is 1. The van der Waals surface area contributed by atoms with Crippen LogP contribution in [0.2, 0.25) is 0 Å². The molecule has 1 amide bonds. The van der Waals surface area contributed by atoms with E-state index in [1.54, 1.807) is 18.0 Å². The third-order valence-electron chi connectivity index (χ3n) is 4.11. The first-order valence-electron chi connectivity index (χ1n) is 8.46. The van der Waals surface area contributed by atoms with Crippen LogP contribution in [0.3, 0.4) is 0 Å². The molecule has 6 heteroatoms. The number of aromatic nitrogens is 2. The van der Waals surface area contributed by atoms with E-state index >= 15 is 0 Å². The number of pyridine rings is 1. The topological polar surface area (TPSA) is 68.0 Å². The molecule has 5 nitrogen and oxygen atoms in total. The Bertz CT molecular complexity index is 858. The summed E-state index contributed by atoms with van der Waals surface area (Å²) in [5.74, 6) is 1.49. The summed E-state index contributed by atoms with van der Waals surface area (Å²) < 4.78 is 5.21. The van der Waals surface area contributed by atoms with E-state index in [1.807, 2.05) is 56.4 Å². The van der Waals surface area contributed by atoms with E-state index in [0.717, 1.165) is 39.7 Å². The van der Waals surface area contributed by atoms with Crippen molar-refractivity contribution in [2.24, 2.45) is 0 Å². The second-order valence-electron chi connectivity index (χ2n) is 5.95. The Kier molecular flexibility index (Phi) is 6.07. The minimum absolute atomic E-state index is 0.0595. The average molecular weight is 367 g/mol. The lowest BCUT2D eigenvalue weighted by Gasteiger charge is -2.10. The van der Waals surface area contributed by atoms with Crippen molar-refractivity contribution < 1.29 is 9.32 Å². The van der Waals surface area contributed by atoms with Crippen LogP contribution in [0.4, 0.5) is 0 Å². The Morgan fingerprint density at radius 2 is 2.04 bits per heavy atom. The van der Waals surface area contributed by atoms with Crippen molar-refractivity contribution in [2.45, 2.75) is 30.9 Å². The van der Waals surface area contributed by atoms with Gasteiger partial charge in [0.15, 0.2) is 0 Å². The molecule has 0 spiro atoms. The highest BCUT2D eigenvalue weighted by Crippen LogP contribution is 2.28. The lowest BCUT2D eigenvalue weighted by atomic mass is 10.2. The van der Waals surface area contributed by atoms with Crippen molar-refractivity contribution in [1.29, 1.82) is 0 Å². The van der Waals surface area contributed by atoms with Crippen LogP contribution in [-0.4, -0.2) is 22.6 Å². The quantitative estimate of drug-likeness (QED) is 0.641. The fourth-order valence-corrected chi connectivity index (χ4v) is 3.80. The number of carbonyl (C=O) groups excluding carboxylic acids is 1. The Labute approximate surface area is 157 Å². The third kappa shape index (κ3) is 4.52. The van der Waals surface area contributed by atoms with E-state index in [0.29, 0.717) is 12.1 Å². The number of carbonyl (C=O) groups is 1. The van der Waals surface area contributed by atoms with Crippen molar-refractivity contribution in [2.75, 3.05) is 6.54 Å². The van der Waals surface area contributed by atoms with Gasteiger partial charge in [0.25, 0.3) is 5.91 Å². The van der Waals surface area contributed by atoms with Crippen LogP contribution in [0.15, 0.2) is 58.2 Å². The molecule has 0 aliphatic carbocycles. The van der Waals surface area contributed by atoms with Crippen molar-refractivity contribution in [1.82, 2.24) is 15.5 Å². The van der Waals surface area contributed by atoms with Crippen LogP contribution in [0, 0.1) is 13.8 Å². The molecular weight excluding hydrogens is 346 g/mol. The minimum atomic E-state index is -0.0595. The highest BCUT2D eigenvalue weighted by atomic mass is 32.2. The van der Waals surface area contributed by atoms with Gasteiger partial charge in [0, 0.05) is 35.2 Å². The smallest absolute Gasteiger partial charge is 0.252 e. The van der Waals surface area contributed by atoms with Crippen molar-refractivity contribution >= 4 is 17.7 Å². The van der Waals surface area contributed by atoms with Gasteiger partial charge in [-0.1, -0.05) is 23.4 Å². The first-order chi connectivity index (χ1) is 12.6. The Morgan fingerprint density at radius 3 is 2.77 bits per heavy atom. The van der Waals surface area contributed by atoms with Gasteiger partial charge in [0.05, 0.1) is 11.3 Å². The molecule has 0 bridgehead atoms. The molecule has 3 rings (SSSR count). The van der Waals surface area contributed by atoms with Crippen LogP contribution in [0.5, 0.6) is 0 Å². The van der Waals surface area contributed by atoms with Gasteiger partial charge in [-0.05, 0) is 44.0 Å². The molecule has 0 saturated heterocycles. The highest BCUT2D eigenvalue weighted by Gasteiger charge is 2.14. The second kappa shape index (κ2) is 8.67. The van der Waals surface area contributed by atoms with Gasteiger partial charge in [-0.15, -0.1) is 11.8 Å². The van der Waals surface area contributed by atoms with E-state index in [2.05, 4.69) is 15.5 Å². The number of nitrogens with one attached hydrogen (secondary N) is 1. The molecule has 26 heavy (non-hydrogen) atoms. The SMILES string of the molecule is Cc1noc(C)c1CSc1ccccc1C(=O)NCCc1cccnc1. The molecule has 2 aromatic heterocycles. The van der Waals surface area contributed by atoms with E-state index in [-0.39, 0.29) is 5.91 Å². The predicted octanol–water partition coefficient (Wildman–Crippen LogP) is 3.95. The van der Waals surface area contributed by atoms with Crippen LogP contribution < -0.4 is 5.32 Å². The minimum Gasteiger partial charge on any atom is -0.361 e. The van der Waals surface area contributed by atoms with Gasteiger partial charge in [-0.3, -0.25) is 9.78 Å². The van der Waals surface area contributed by atoms with E-state index in [9.17, 15) is 4.79 Å². The molecule has 0 atom stereocenters. The zero-order valence-corrected chi connectivity index (χ0v) is 15.7. The van der Waals surface area contributed by atoms with E-state index in [1.165, 1.54) is 0 Å². The molecule has 2 heterocycles. The zero-order valence-electron chi connectivity index (χ0n) is 14.9. The molecule has 0 saturated carbocycles. The molecule has 1 aromatic carbocycles. The maximum absolute atomic E-state index is 12.6. The number of benzene rings is 1. The van der Waals surface area contributed by atoms with Crippen LogP contribution in [0.25, 0.3) is 0 Å². The summed E-state index contributed by atoms with van der Waals surface area (Å²) in [6.07, 6.45) is 4.32. The normalized spacial score (nSPS) is 10.7. The van der Waals surface area contributed by atoms with Gasteiger partial charge < -0.3 is 9.84 Å². The summed E-state index contributed by atoms with van der Waals surface area (Å²) in [6.45, 7) is 4.42. The van der Waals surface area contributed by atoms with Crippen molar-refractivity contribution in [3.8, 4) is 0 Å². The average Bonchev–Trinajstić information content (AvgIpc) is 2.99. The van der Waals surface area contributed by atoms with E-state index in [4.69, 9.17) is 4.52 Å². The second-order valence-corrected chi connectivity index (χ2v) is 6.97. The number of rotatable bonds is 7. The summed E-state index contributed by atoms with van der Waals surface area (Å²) in [4.78, 5) is 17.6. The molecule has 0 unspecified atom stereocenters. The Hall–Kier alpha value is -2.60. The molecule has 134 valence electrons. The molecule has 3 aromatic rings. The molecule has 0 aliphatic heterocycles. The van der Waals surface area contributed by atoms with E-state index < -0.39 is 0 Å². The third-order valence-corrected chi connectivity index (χ3v) is 5.21. The summed E-state index contributed by atoms with van der Waals surface area (Å²) >= 11 is 1.62. The van der Waals surface area contributed by atoms with Crippen LogP contribution in [-0.2, 0) is 12.2 Å². The van der Waals surface area contributed by atoms with Gasteiger partial charge in [0.2, 0.25) is 0 Å². The maximum atomic E-state index is 12.6. The van der Waals surface area contributed by atoms with Gasteiger partial charge in [0.1, 0.15) is 5.76 Å². The van der Waals surface area contributed by atoms with Crippen molar-refractivity contribution in [3.63, 3.8) is 0 Å². The Balaban J connectivity index is 1.61. The fourth-order valence-electron chi connectivity index (χ4n) is 2.60. The lowest BCUT2D eigenvalue weighted by molar-refractivity contribution is 0.0951. The summed E-state index contributed by atoms with van der Waals surface area (Å²) in [5.41, 5.74) is 3.78. The zero-order chi connectivity index (χ0) is 18.4. The van der Waals surface area contributed by atoms with Gasteiger partial charge in [-0.25, -0.2) is 0 Å². The Morgan fingerprint density at radius 1 is 1.19 bits per heavy atom. The highest BCUT2D eigenvalue weighted by molar-refractivity contribution is 7.98. The summed E-state index contributed by atoms with van der Waals surface area (Å²) in [5, 5.41) is 6.98. The first kappa shape index (κ1) is 18.2. The number of nitrogens with zero attached hydrogens (tertiary/aromatic N) is 2. The fraction of sp³-hybridized carbons (Fsp3) is 0.250. The molecular formula is C20H21N3O2S. The lowest BCUT2D eigenvalue weighted by Crippen LogP contribution is -2.26. The molecule has 0 radical (unpaired) electrons. The number of thioether (sulfide) groups is 1. The van der Waals surface area contributed by atoms with Crippen LogP contribution in [0.1, 0.15) is 32.9 Å². The number of aryl methyl sites for hydroxylation is 2. The largest absolute Gasteiger partial charge is 0.361 e. The predicted molar refractivity (Wildman–Crippen MR) is 102 cm³/mol.